The van der Waals surface area contributed by atoms with Crippen LogP contribution in [0.5, 0.6) is 0 Å². The maximum Gasteiger partial charge on any atom is 0.470 e. The van der Waals surface area contributed by atoms with Crippen molar-refractivity contribution in [3.63, 3.8) is 0 Å². The number of aromatic nitrogens is 3. The molecule has 1 aliphatic rings. The summed E-state index contributed by atoms with van der Waals surface area (Å²) in [5, 5.41) is 24.2. The number of carbonyl (C=O) groups excluding carboxylic acids is 1. The summed E-state index contributed by atoms with van der Waals surface area (Å²) in [5.41, 5.74) is 4.64. The van der Waals surface area contributed by atoms with Gasteiger partial charge in [0.1, 0.15) is 30.6 Å². The smallest absolute Gasteiger partial charge is 0.461 e. The van der Waals surface area contributed by atoms with Gasteiger partial charge in [0.2, 0.25) is 5.60 Å². The van der Waals surface area contributed by atoms with Crippen molar-refractivity contribution in [2.24, 2.45) is 0 Å². The number of hydrogen-bond acceptors (Lipinski definition) is 10. The molecule has 0 radical (unpaired) electrons. The Kier molecular flexibility index (Phi) is 5.35. The minimum Gasteiger partial charge on any atom is -0.461 e. The van der Waals surface area contributed by atoms with Gasteiger partial charge in [-0.05, 0) is 12.1 Å². The lowest BCUT2D eigenvalue weighted by Gasteiger charge is -2.24. The highest BCUT2D eigenvalue weighted by molar-refractivity contribution is 7.46. The van der Waals surface area contributed by atoms with E-state index in [9.17, 15) is 19.7 Å². The topological polar surface area (TPSA) is 203 Å². The summed E-state index contributed by atoms with van der Waals surface area (Å²) in [6, 6.07) is 5.04. The lowest BCUT2D eigenvalue weighted by atomic mass is 9.94. The van der Waals surface area contributed by atoms with Gasteiger partial charge in [-0.3, -0.25) is 4.52 Å². The SMILES string of the molecule is N#C[C@@]1(c2ccc3c(N)ncnn23)O[C@H](COC(=O)COP(=O)(O)O)C[C@H]1O. The van der Waals surface area contributed by atoms with Gasteiger partial charge >= 0.3 is 13.8 Å². The van der Waals surface area contributed by atoms with Crippen LogP contribution in [0.3, 0.4) is 0 Å². The monoisotopic (exact) mass is 413 g/mol. The Hall–Kier alpha value is -2.59. The molecule has 3 heterocycles. The minimum absolute atomic E-state index is 0.0337. The van der Waals surface area contributed by atoms with Gasteiger partial charge < -0.3 is 30.1 Å². The van der Waals surface area contributed by atoms with Crippen molar-refractivity contribution in [2.75, 3.05) is 18.9 Å². The number of nitrogens with zero attached hydrogens (tertiary/aromatic N) is 4. The third-order valence-corrected chi connectivity index (χ3v) is 4.58. The highest BCUT2D eigenvalue weighted by Gasteiger charge is 2.52. The summed E-state index contributed by atoms with van der Waals surface area (Å²) in [6.45, 7) is -1.31. The zero-order chi connectivity index (χ0) is 20.5. The highest BCUT2D eigenvalue weighted by atomic mass is 31.2. The van der Waals surface area contributed by atoms with E-state index in [2.05, 4.69) is 14.6 Å². The number of nitrogens with two attached hydrogens (primary N) is 1. The van der Waals surface area contributed by atoms with Gasteiger partial charge in [-0.1, -0.05) is 0 Å². The van der Waals surface area contributed by atoms with E-state index in [0.717, 1.165) is 0 Å². The van der Waals surface area contributed by atoms with E-state index in [1.54, 1.807) is 6.07 Å². The molecule has 0 aliphatic carbocycles. The number of aliphatic hydroxyl groups excluding tert-OH is 1. The molecule has 1 fully saturated rings. The number of fused-ring (bicyclic) bond motifs is 1. The molecular formula is C14H16N5O8P. The van der Waals surface area contributed by atoms with Crippen molar-refractivity contribution in [1.29, 1.82) is 5.26 Å². The third-order valence-electron chi connectivity index (χ3n) is 4.12. The number of hydrogen-bond donors (Lipinski definition) is 4. The van der Waals surface area contributed by atoms with Crippen LogP contribution in [0, 0.1) is 11.3 Å². The maximum atomic E-state index is 11.5. The molecule has 2 aromatic heterocycles. The van der Waals surface area contributed by atoms with Gasteiger partial charge in [0.25, 0.3) is 0 Å². The molecule has 13 nitrogen and oxygen atoms in total. The molecule has 3 atom stereocenters. The number of aliphatic hydroxyl groups is 1. The van der Waals surface area contributed by atoms with Crippen LogP contribution in [0.2, 0.25) is 0 Å². The van der Waals surface area contributed by atoms with Gasteiger partial charge in [-0.25, -0.2) is 18.9 Å². The third kappa shape index (κ3) is 3.83. The normalized spacial score (nSPS) is 24.9. The van der Waals surface area contributed by atoms with Crippen molar-refractivity contribution in [3.05, 3.63) is 24.2 Å². The number of esters is 1. The summed E-state index contributed by atoms with van der Waals surface area (Å²) in [4.78, 5) is 32.5. The van der Waals surface area contributed by atoms with Crippen LogP contribution < -0.4 is 5.73 Å². The van der Waals surface area contributed by atoms with Crippen molar-refractivity contribution in [3.8, 4) is 6.07 Å². The van der Waals surface area contributed by atoms with E-state index < -0.39 is 38.2 Å². The molecule has 28 heavy (non-hydrogen) atoms. The zero-order valence-corrected chi connectivity index (χ0v) is 15.1. The number of phosphoric ester groups is 1. The van der Waals surface area contributed by atoms with E-state index >= 15 is 0 Å². The lowest BCUT2D eigenvalue weighted by molar-refractivity contribution is -0.152. The zero-order valence-electron chi connectivity index (χ0n) is 14.2. The number of ether oxygens (including phenoxy) is 2. The fourth-order valence-electron chi connectivity index (χ4n) is 2.89. The number of nitriles is 1. The number of anilines is 1. The molecule has 0 spiro atoms. The summed E-state index contributed by atoms with van der Waals surface area (Å²) in [5.74, 6) is -0.859. The van der Waals surface area contributed by atoms with Crippen LogP contribution in [0.15, 0.2) is 18.5 Å². The Morgan fingerprint density at radius 2 is 2.29 bits per heavy atom. The van der Waals surface area contributed by atoms with Crippen molar-refractivity contribution >= 4 is 25.1 Å². The van der Waals surface area contributed by atoms with Crippen LogP contribution in [-0.4, -0.2) is 60.9 Å². The molecule has 150 valence electrons. The maximum absolute atomic E-state index is 11.5. The Balaban J connectivity index is 1.74. The summed E-state index contributed by atoms with van der Waals surface area (Å²) in [7, 11) is -4.80. The van der Waals surface area contributed by atoms with Crippen molar-refractivity contribution in [2.45, 2.75) is 24.2 Å². The largest absolute Gasteiger partial charge is 0.470 e. The standard InChI is InChI=1S/C14H16N5O8P/c15-6-14(10-2-1-9-13(16)17-7-18-19(9)10)11(20)3-8(27-14)4-25-12(21)5-26-28(22,23)24/h1-2,7-8,11,20H,3-5H2,(H2,16,17,18)(H2,22,23,24)/t8-,11+,14-/m0/s1. The number of nitrogen functional groups attached to an aromatic ring is 1. The molecule has 0 amide bonds. The first kappa shape index (κ1) is 20.2. The average Bonchev–Trinajstić information content (AvgIpc) is 3.20. The van der Waals surface area contributed by atoms with Gasteiger partial charge in [0.15, 0.2) is 12.4 Å². The van der Waals surface area contributed by atoms with Gasteiger partial charge in [-0.15, -0.1) is 0 Å². The molecule has 0 bridgehead atoms. The van der Waals surface area contributed by atoms with E-state index in [-0.39, 0.29) is 24.5 Å². The molecule has 1 saturated heterocycles. The minimum atomic E-state index is -4.80. The van der Waals surface area contributed by atoms with E-state index in [4.69, 9.17) is 25.0 Å². The first-order valence-corrected chi connectivity index (χ1v) is 9.41. The fourth-order valence-corrected chi connectivity index (χ4v) is 3.17. The second kappa shape index (κ2) is 7.44. The second-order valence-electron chi connectivity index (χ2n) is 5.95. The summed E-state index contributed by atoms with van der Waals surface area (Å²) >= 11 is 0. The Labute approximate surface area is 157 Å². The van der Waals surface area contributed by atoms with Crippen LogP contribution in [0.25, 0.3) is 5.52 Å². The Morgan fingerprint density at radius 3 is 2.96 bits per heavy atom. The Bertz CT molecular complexity index is 984. The van der Waals surface area contributed by atoms with Crippen LogP contribution in [0.1, 0.15) is 12.1 Å². The van der Waals surface area contributed by atoms with Crippen LogP contribution in [0.4, 0.5) is 5.82 Å². The van der Waals surface area contributed by atoms with Gasteiger partial charge in [0, 0.05) is 6.42 Å². The fraction of sp³-hybridized carbons (Fsp3) is 0.429. The molecule has 0 saturated carbocycles. The molecule has 2 aromatic rings. The van der Waals surface area contributed by atoms with E-state index in [1.165, 1.54) is 16.9 Å². The summed E-state index contributed by atoms with van der Waals surface area (Å²) < 4.78 is 26.5. The van der Waals surface area contributed by atoms with Crippen molar-refractivity contribution < 1.29 is 38.3 Å². The average molecular weight is 413 g/mol. The number of rotatable bonds is 6. The van der Waals surface area contributed by atoms with Crippen LogP contribution >= 0.6 is 7.82 Å². The second-order valence-corrected chi connectivity index (χ2v) is 7.19. The predicted molar refractivity (Wildman–Crippen MR) is 89.1 cm³/mol. The molecular weight excluding hydrogens is 397 g/mol. The quantitative estimate of drug-likeness (QED) is 0.327. The van der Waals surface area contributed by atoms with Gasteiger partial charge in [-0.2, -0.15) is 10.4 Å². The van der Waals surface area contributed by atoms with Gasteiger partial charge in [0.05, 0.1) is 11.8 Å². The summed E-state index contributed by atoms with van der Waals surface area (Å²) in [6.07, 6.45) is -0.952. The lowest BCUT2D eigenvalue weighted by Crippen LogP contribution is -2.36. The number of phosphoric acid groups is 1. The first-order chi connectivity index (χ1) is 13.2. The van der Waals surface area contributed by atoms with Crippen LogP contribution in [-0.2, 0) is 29.0 Å². The van der Waals surface area contributed by atoms with E-state index in [1.807, 2.05) is 6.07 Å². The molecule has 14 heteroatoms. The molecule has 1 aliphatic heterocycles. The molecule has 3 rings (SSSR count). The molecule has 0 unspecified atom stereocenters. The van der Waals surface area contributed by atoms with Crippen molar-refractivity contribution in [1.82, 2.24) is 14.6 Å². The highest BCUT2D eigenvalue weighted by Crippen LogP contribution is 2.40. The molecule has 5 N–H and O–H groups in total. The molecule has 0 aromatic carbocycles. The first-order valence-electron chi connectivity index (χ1n) is 7.88. The van der Waals surface area contributed by atoms with E-state index in [0.29, 0.717) is 5.52 Å². The predicted octanol–water partition coefficient (Wildman–Crippen LogP) is -1.17. The Morgan fingerprint density at radius 1 is 1.54 bits per heavy atom. The number of carbonyl (C=O) groups is 1.